The van der Waals surface area contributed by atoms with Crippen molar-refractivity contribution in [1.82, 2.24) is 9.88 Å². The molecule has 31 heavy (non-hydrogen) atoms. The Kier molecular flexibility index (Phi) is 7.59. The Morgan fingerprint density at radius 2 is 1.87 bits per heavy atom. The SMILES string of the molecule is CCN(CC)CCN(C(=O)c1ccc2c(c1)OCO2)c1nc2ccc(OC)cc2s1.Cl. The van der Waals surface area contributed by atoms with Gasteiger partial charge in [0.2, 0.25) is 6.79 Å². The molecule has 166 valence electrons. The van der Waals surface area contributed by atoms with Gasteiger partial charge in [0.25, 0.3) is 5.91 Å². The van der Waals surface area contributed by atoms with E-state index in [4.69, 9.17) is 19.2 Å². The lowest BCUT2D eigenvalue weighted by Crippen LogP contribution is -2.38. The third-order valence-electron chi connectivity index (χ3n) is 5.21. The van der Waals surface area contributed by atoms with Crippen molar-refractivity contribution in [3.63, 3.8) is 0 Å². The predicted octanol–water partition coefficient (Wildman–Crippen LogP) is 4.44. The lowest BCUT2D eigenvalue weighted by atomic mass is 10.1. The lowest BCUT2D eigenvalue weighted by Gasteiger charge is -2.24. The first kappa shape index (κ1) is 23.1. The molecular weight excluding hydrogens is 438 g/mol. The molecule has 4 rings (SSSR count). The number of rotatable bonds is 8. The second-order valence-electron chi connectivity index (χ2n) is 6.88. The smallest absolute Gasteiger partial charge is 0.260 e. The number of carbonyl (C=O) groups excluding carboxylic acids is 1. The van der Waals surface area contributed by atoms with E-state index in [1.807, 2.05) is 18.2 Å². The van der Waals surface area contributed by atoms with Crippen molar-refractivity contribution in [3.8, 4) is 17.2 Å². The Morgan fingerprint density at radius 1 is 1.10 bits per heavy atom. The van der Waals surface area contributed by atoms with Gasteiger partial charge < -0.3 is 19.1 Å². The summed E-state index contributed by atoms with van der Waals surface area (Å²) in [6.07, 6.45) is 0. The van der Waals surface area contributed by atoms with Crippen LogP contribution >= 0.6 is 23.7 Å². The first-order valence-electron chi connectivity index (χ1n) is 10.0. The molecule has 0 spiro atoms. The van der Waals surface area contributed by atoms with E-state index < -0.39 is 0 Å². The fourth-order valence-electron chi connectivity index (χ4n) is 3.39. The van der Waals surface area contributed by atoms with E-state index in [1.165, 1.54) is 11.3 Å². The summed E-state index contributed by atoms with van der Waals surface area (Å²) < 4.78 is 17.1. The van der Waals surface area contributed by atoms with Gasteiger partial charge in [0.05, 0.1) is 17.3 Å². The molecule has 0 N–H and O–H groups in total. The number of likely N-dealkylation sites (N-methyl/N-ethyl adjacent to an activating group) is 1. The van der Waals surface area contributed by atoms with E-state index in [-0.39, 0.29) is 25.1 Å². The van der Waals surface area contributed by atoms with Gasteiger partial charge in [-0.05, 0) is 49.5 Å². The number of hydrogen-bond acceptors (Lipinski definition) is 7. The van der Waals surface area contributed by atoms with Crippen molar-refractivity contribution in [2.75, 3.05) is 45.0 Å². The predicted molar refractivity (Wildman–Crippen MR) is 125 cm³/mol. The summed E-state index contributed by atoms with van der Waals surface area (Å²) in [5.74, 6) is 1.92. The molecule has 0 bridgehead atoms. The van der Waals surface area contributed by atoms with Crippen molar-refractivity contribution in [1.29, 1.82) is 0 Å². The molecule has 1 aliphatic rings. The average molecular weight is 464 g/mol. The molecule has 0 atom stereocenters. The normalized spacial score (nSPS) is 12.1. The van der Waals surface area contributed by atoms with Gasteiger partial charge in [-0.3, -0.25) is 9.69 Å². The second kappa shape index (κ2) is 10.2. The highest BCUT2D eigenvalue weighted by molar-refractivity contribution is 7.22. The van der Waals surface area contributed by atoms with Gasteiger partial charge in [-0.25, -0.2) is 4.98 Å². The van der Waals surface area contributed by atoms with Crippen LogP contribution in [0.2, 0.25) is 0 Å². The van der Waals surface area contributed by atoms with Crippen LogP contribution in [0.4, 0.5) is 5.13 Å². The molecule has 0 radical (unpaired) electrons. The van der Waals surface area contributed by atoms with Crippen LogP contribution in [-0.4, -0.2) is 55.9 Å². The van der Waals surface area contributed by atoms with Crippen LogP contribution < -0.4 is 19.1 Å². The summed E-state index contributed by atoms with van der Waals surface area (Å²) in [5, 5.41) is 0.674. The summed E-state index contributed by atoms with van der Waals surface area (Å²) >= 11 is 1.49. The van der Waals surface area contributed by atoms with Crippen LogP contribution in [0.1, 0.15) is 24.2 Å². The molecule has 1 amide bonds. The first-order valence-corrected chi connectivity index (χ1v) is 10.8. The average Bonchev–Trinajstić information content (AvgIpc) is 3.41. The largest absolute Gasteiger partial charge is 0.497 e. The fourth-order valence-corrected chi connectivity index (χ4v) is 4.40. The quantitative estimate of drug-likeness (QED) is 0.492. The van der Waals surface area contributed by atoms with Gasteiger partial charge in [-0.2, -0.15) is 0 Å². The molecule has 0 unspecified atom stereocenters. The summed E-state index contributed by atoms with van der Waals surface area (Å²) in [5.41, 5.74) is 1.40. The summed E-state index contributed by atoms with van der Waals surface area (Å²) in [4.78, 5) is 22.3. The van der Waals surface area contributed by atoms with E-state index in [0.717, 1.165) is 35.6 Å². The minimum Gasteiger partial charge on any atom is -0.497 e. The van der Waals surface area contributed by atoms with Crippen LogP contribution in [0.15, 0.2) is 36.4 Å². The monoisotopic (exact) mass is 463 g/mol. The van der Waals surface area contributed by atoms with Crippen LogP contribution in [0.25, 0.3) is 10.2 Å². The summed E-state index contributed by atoms with van der Waals surface area (Å²) in [6.45, 7) is 7.60. The van der Waals surface area contributed by atoms with Crippen LogP contribution in [0.3, 0.4) is 0 Å². The summed E-state index contributed by atoms with van der Waals surface area (Å²) in [6, 6.07) is 11.0. The highest BCUT2D eigenvalue weighted by Gasteiger charge is 2.24. The van der Waals surface area contributed by atoms with Gasteiger partial charge in [0, 0.05) is 18.7 Å². The number of halogens is 1. The highest BCUT2D eigenvalue weighted by Crippen LogP contribution is 2.35. The Balaban J connectivity index is 0.00000272. The van der Waals surface area contributed by atoms with E-state index in [9.17, 15) is 4.79 Å². The number of carbonyl (C=O) groups is 1. The van der Waals surface area contributed by atoms with E-state index in [0.29, 0.717) is 28.7 Å². The minimum absolute atomic E-state index is 0. The number of nitrogens with zero attached hydrogens (tertiary/aromatic N) is 3. The molecule has 0 saturated carbocycles. The zero-order valence-electron chi connectivity index (χ0n) is 17.8. The molecule has 9 heteroatoms. The minimum atomic E-state index is -0.105. The van der Waals surface area contributed by atoms with Crippen molar-refractivity contribution in [3.05, 3.63) is 42.0 Å². The van der Waals surface area contributed by atoms with Crippen LogP contribution in [-0.2, 0) is 0 Å². The third kappa shape index (κ3) is 4.87. The first-order chi connectivity index (χ1) is 14.6. The molecule has 1 aromatic heterocycles. The highest BCUT2D eigenvalue weighted by atomic mass is 35.5. The maximum Gasteiger partial charge on any atom is 0.260 e. The number of ether oxygens (including phenoxy) is 3. The Bertz CT molecular complexity index is 1050. The molecule has 0 saturated heterocycles. The topological polar surface area (TPSA) is 64.1 Å². The molecule has 0 aliphatic carbocycles. The fraction of sp³-hybridized carbons (Fsp3) is 0.364. The van der Waals surface area contributed by atoms with Gasteiger partial charge >= 0.3 is 0 Å². The van der Waals surface area contributed by atoms with Gasteiger partial charge in [-0.15, -0.1) is 12.4 Å². The molecule has 2 heterocycles. The Hall–Kier alpha value is -2.55. The molecule has 2 aromatic carbocycles. The maximum absolute atomic E-state index is 13.5. The number of hydrogen-bond donors (Lipinski definition) is 0. The third-order valence-corrected chi connectivity index (χ3v) is 6.26. The number of benzene rings is 2. The number of anilines is 1. The second-order valence-corrected chi connectivity index (χ2v) is 7.89. The number of fused-ring (bicyclic) bond motifs is 2. The Labute approximate surface area is 191 Å². The van der Waals surface area contributed by atoms with E-state index in [1.54, 1.807) is 30.2 Å². The van der Waals surface area contributed by atoms with Gasteiger partial charge in [0.15, 0.2) is 16.6 Å². The van der Waals surface area contributed by atoms with Crippen molar-refractivity contribution in [2.24, 2.45) is 0 Å². The van der Waals surface area contributed by atoms with Crippen LogP contribution in [0.5, 0.6) is 17.2 Å². The van der Waals surface area contributed by atoms with E-state index >= 15 is 0 Å². The maximum atomic E-state index is 13.5. The number of methoxy groups -OCH3 is 1. The summed E-state index contributed by atoms with van der Waals surface area (Å²) in [7, 11) is 1.64. The lowest BCUT2D eigenvalue weighted by molar-refractivity contribution is 0.0983. The van der Waals surface area contributed by atoms with Gasteiger partial charge in [0.1, 0.15) is 5.75 Å². The van der Waals surface area contributed by atoms with Gasteiger partial charge in [-0.1, -0.05) is 25.2 Å². The molecule has 3 aromatic rings. The van der Waals surface area contributed by atoms with Crippen LogP contribution in [0, 0.1) is 0 Å². The van der Waals surface area contributed by atoms with Crippen molar-refractivity contribution in [2.45, 2.75) is 13.8 Å². The zero-order valence-corrected chi connectivity index (χ0v) is 19.4. The Morgan fingerprint density at radius 3 is 2.61 bits per heavy atom. The molecule has 1 aliphatic heterocycles. The number of amides is 1. The molecular formula is C22H26ClN3O4S. The molecule has 0 fully saturated rings. The van der Waals surface area contributed by atoms with Crippen molar-refractivity contribution >= 4 is 45.0 Å². The van der Waals surface area contributed by atoms with Crippen molar-refractivity contribution < 1.29 is 19.0 Å². The number of thiazole rings is 1. The zero-order chi connectivity index (χ0) is 21.1. The van der Waals surface area contributed by atoms with E-state index in [2.05, 4.69) is 18.7 Å². The molecule has 7 nitrogen and oxygen atoms in total. The number of aromatic nitrogens is 1. The standard InChI is InChI=1S/C22H25N3O4S.ClH/c1-4-24(5-2)10-11-25(21(26)15-6-9-18-19(12-15)29-14-28-18)22-23-17-8-7-16(27-3)13-20(17)30-22;/h6-9,12-13H,4-5,10-11,14H2,1-3H3;1H.